The van der Waals surface area contributed by atoms with Crippen molar-refractivity contribution in [3.63, 3.8) is 0 Å². The van der Waals surface area contributed by atoms with E-state index in [9.17, 15) is 9.90 Å². The lowest BCUT2D eigenvalue weighted by molar-refractivity contribution is -0.139. The highest BCUT2D eigenvalue weighted by molar-refractivity contribution is 7.14. The maximum absolute atomic E-state index is 11.5. The summed E-state index contributed by atoms with van der Waals surface area (Å²) in [6.45, 7) is 6.67. The van der Waals surface area contributed by atoms with Gasteiger partial charge in [-0.2, -0.15) is 0 Å². The van der Waals surface area contributed by atoms with Crippen LogP contribution in [0.2, 0.25) is 0 Å². The minimum absolute atomic E-state index is 0.0216. The Morgan fingerprint density at radius 1 is 1.26 bits per heavy atom. The molecule has 0 radical (unpaired) electrons. The zero-order chi connectivity index (χ0) is 19.1. The first-order chi connectivity index (χ1) is 13.0. The molecule has 0 bridgehead atoms. The van der Waals surface area contributed by atoms with Crippen LogP contribution in [-0.2, 0) is 17.8 Å². The summed E-state index contributed by atoms with van der Waals surface area (Å²) in [5, 5.41) is 19.2. The zero-order valence-electron chi connectivity index (χ0n) is 15.6. The number of aryl methyl sites for hydroxylation is 2. The lowest BCUT2D eigenvalue weighted by atomic mass is 10.0. The van der Waals surface area contributed by atoms with E-state index in [2.05, 4.69) is 46.0 Å². The van der Waals surface area contributed by atoms with Crippen molar-refractivity contribution >= 4 is 17.3 Å². The Morgan fingerprint density at radius 3 is 2.70 bits per heavy atom. The Hall–Kier alpha value is -2.51. The van der Waals surface area contributed by atoms with E-state index in [1.165, 1.54) is 21.6 Å². The summed E-state index contributed by atoms with van der Waals surface area (Å²) in [7, 11) is 0. The van der Waals surface area contributed by atoms with Gasteiger partial charge in [0, 0.05) is 17.0 Å². The summed E-state index contributed by atoms with van der Waals surface area (Å²) >= 11 is 1.74. The number of hydrogen-bond donors (Lipinski definition) is 1. The Bertz CT molecular complexity index is 993. The predicted octanol–water partition coefficient (Wildman–Crippen LogP) is 3.50. The molecule has 1 aliphatic heterocycles. The number of thiophene rings is 1. The van der Waals surface area contributed by atoms with Crippen LogP contribution < -0.4 is 0 Å². The number of benzene rings is 1. The average Bonchev–Trinajstić information content (AvgIpc) is 3.12. The molecule has 1 atom stereocenters. The van der Waals surface area contributed by atoms with Gasteiger partial charge in [-0.25, -0.2) is 0 Å². The largest absolute Gasteiger partial charge is 0.480 e. The number of rotatable bonds is 4. The number of aromatic nitrogens is 3. The van der Waals surface area contributed by atoms with E-state index in [0.717, 1.165) is 23.1 Å². The molecule has 0 fully saturated rings. The fraction of sp³-hybridized carbons (Fsp3) is 0.350. The summed E-state index contributed by atoms with van der Waals surface area (Å²) in [5.41, 5.74) is 3.73. The van der Waals surface area contributed by atoms with E-state index >= 15 is 0 Å². The number of nitrogens with zero attached hydrogens (tertiary/aromatic N) is 4. The van der Waals surface area contributed by atoms with Crippen LogP contribution in [0.3, 0.4) is 0 Å². The molecule has 1 aliphatic rings. The van der Waals surface area contributed by atoms with E-state index in [0.29, 0.717) is 6.54 Å². The van der Waals surface area contributed by atoms with Crippen LogP contribution in [0.25, 0.3) is 5.00 Å². The molecule has 0 aliphatic carbocycles. The number of carboxylic acid groups (broad SMARTS) is 1. The van der Waals surface area contributed by atoms with Crippen LogP contribution in [0.1, 0.15) is 46.2 Å². The van der Waals surface area contributed by atoms with Crippen molar-refractivity contribution in [1.29, 1.82) is 0 Å². The number of fused-ring (bicyclic) bond motifs is 3. The number of carbonyl (C=O) groups is 1. The third-order valence-electron chi connectivity index (χ3n) is 5.19. The third kappa shape index (κ3) is 3.17. The SMILES string of the molecule is Cc1sc2c(c1Cc1ccccc1)CN(CC(=O)O)[C@@H](C)c1nnc(C)n1-2. The summed E-state index contributed by atoms with van der Waals surface area (Å²) in [6, 6.07) is 10.3. The number of hydrogen-bond acceptors (Lipinski definition) is 5. The minimum Gasteiger partial charge on any atom is -0.480 e. The van der Waals surface area contributed by atoms with Crippen LogP contribution in [0.15, 0.2) is 30.3 Å². The van der Waals surface area contributed by atoms with Crippen LogP contribution >= 0.6 is 11.3 Å². The van der Waals surface area contributed by atoms with Crippen molar-refractivity contribution in [2.24, 2.45) is 0 Å². The van der Waals surface area contributed by atoms with E-state index in [1.807, 2.05) is 24.8 Å². The fourth-order valence-electron chi connectivity index (χ4n) is 3.75. The molecule has 7 heteroatoms. The van der Waals surface area contributed by atoms with Crippen molar-refractivity contribution in [2.75, 3.05) is 6.54 Å². The van der Waals surface area contributed by atoms with Crippen molar-refractivity contribution in [2.45, 2.75) is 39.8 Å². The molecule has 0 saturated carbocycles. The van der Waals surface area contributed by atoms with Gasteiger partial charge in [0.05, 0.1) is 12.6 Å². The van der Waals surface area contributed by atoms with Gasteiger partial charge in [-0.1, -0.05) is 30.3 Å². The highest BCUT2D eigenvalue weighted by Gasteiger charge is 2.32. The standard InChI is InChI=1S/C20H22N4O2S/c1-12-19-22-21-14(3)24(19)20-17(10-23(12)11-18(25)26)16(13(2)27-20)9-15-7-5-4-6-8-15/h4-8,12H,9-11H2,1-3H3,(H,25,26)/t12-/m0/s1. The Balaban J connectivity index is 1.86. The molecule has 0 saturated heterocycles. The fourth-order valence-corrected chi connectivity index (χ4v) is 4.99. The number of carboxylic acids is 1. The maximum atomic E-state index is 11.5. The molecule has 1 N–H and O–H groups in total. The molecule has 3 heterocycles. The molecule has 0 spiro atoms. The van der Waals surface area contributed by atoms with E-state index in [1.54, 1.807) is 11.3 Å². The summed E-state index contributed by atoms with van der Waals surface area (Å²) in [4.78, 5) is 14.7. The van der Waals surface area contributed by atoms with Gasteiger partial charge in [-0.3, -0.25) is 14.3 Å². The van der Waals surface area contributed by atoms with Crippen LogP contribution in [0.5, 0.6) is 0 Å². The second kappa shape index (κ2) is 6.90. The average molecular weight is 382 g/mol. The minimum atomic E-state index is -0.829. The highest BCUT2D eigenvalue weighted by atomic mass is 32.1. The van der Waals surface area contributed by atoms with Crippen molar-refractivity contribution in [3.05, 3.63) is 63.5 Å². The molecule has 0 unspecified atom stereocenters. The smallest absolute Gasteiger partial charge is 0.317 e. The Labute approximate surface area is 162 Å². The van der Waals surface area contributed by atoms with Gasteiger partial charge >= 0.3 is 5.97 Å². The first kappa shape index (κ1) is 17.9. The van der Waals surface area contributed by atoms with Gasteiger partial charge in [0.2, 0.25) is 0 Å². The molecule has 3 aromatic rings. The maximum Gasteiger partial charge on any atom is 0.317 e. The van der Waals surface area contributed by atoms with E-state index in [4.69, 9.17) is 0 Å². The highest BCUT2D eigenvalue weighted by Crippen LogP contribution is 2.39. The molecule has 0 amide bonds. The molecule has 1 aromatic carbocycles. The van der Waals surface area contributed by atoms with Crippen molar-refractivity contribution in [3.8, 4) is 5.00 Å². The normalized spacial score (nSPS) is 16.6. The summed E-state index contributed by atoms with van der Waals surface area (Å²) in [6.07, 6.45) is 0.838. The predicted molar refractivity (Wildman–Crippen MR) is 104 cm³/mol. The Morgan fingerprint density at radius 2 is 2.00 bits per heavy atom. The third-order valence-corrected chi connectivity index (χ3v) is 6.37. The summed E-state index contributed by atoms with van der Waals surface area (Å²) in [5.74, 6) is 0.812. The molecule has 140 valence electrons. The molecular formula is C20H22N4O2S. The lowest BCUT2D eigenvalue weighted by Gasteiger charge is -2.24. The number of aliphatic carboxylic acids is 1. The van der Waals surface area contributed by atoms with Gasteiger partial charge < -0.3 is 5.11 Å². The van der Waals surface area contributed by atoms with Gasteiger partial charge in [0.15, 0.2) is 5.82 Å². The van der Waals surface area contributed by atoms with Gasteiger partial charge in [0.25, 0.3) is 0 Å². The van der Waals surface area contributed by atoms with Crippen molar-refractivity contribution in [1.82, 2.24) is 19.7 Å². The molecule has 6 nitrogen and oxygen atoms in total. The van der Waals surface area contributed by atoms with Gasteiger partial charge in [0.1, 0.15) is 10.8 Å². The van der Waals surface area contributed by atoms with Crippen LogP contribution in [0.4, 0.5) is 0 Å². The topological polar surface area (TPSA) is 71.2 Å². The van der Waals surface area contributed by atoms with Crippen molar-refractivity contribution < 1.29 is 9.90 Å². The molecule has 4 rings (SSSR count). The second-order valence-corrected chi connectivity index (χ2v) is 8.20. The first-order valence-corrected chi connectivity index (χ1v) is 9.80. The van der Waals surface area contributed by atoms with E-state index < -0.39 is 5.97 Å². The quantitative estimate of drug-likeness (QED) is 0.748. The molecule has 27 heavy (non-hydrogen) atoms. The monoisotopic (exact) mass is 382 g/mol. The second-order valence-electron chi connectivity index (χ2n) is 7.00. The van der Waals surface area contributed by atoms with Gasteiger partial charge in [-0.05, 0) is 38.3 Å². The zero-order valence-corrected chi connectivity index (χ0v) is 16.5. The molecular weight excluding hydrogens is 360 g/mol. The summed E-state index contributed by atoms with van der Waals surface area (Å²) < 4.78 is 2.11. The van der Waals surface area contributed by atoms with Crippen LogP contribution in [-0.4, -0.2) is 37.3 Å². The lowest BCUT2D eigenvalue weighted by Crippen LogP contribution is -2.32. The Kier molecular flexibility index (Phi) is 4.57. The first-order valence-electron chi connectivity index (χ1n) is 8.99. The molecule has 2 aromatic heterocycles. The van der Waals surface area contributed by atoms with E-state index in [-0.39, 0.29) is 12.6 Å². The van der Waals surface area contributed by atoms with Crippen LogP contribution in [0, 0.1) is 13.8 Å². The van der Waals surface area contributed by atoms with Gasteiger partial charge in [-0.15, -0.1) is 21.5 Å².